The summed E-state index contributed by atoms with van der Waals surface area (Å²) in [6.07, 6.45) is 0. The molecule has 0 bridgehead atoms. The van der Waals surface area contributed by atoms with E-state index >= 15 is 0 Å². The van der Waals surface area contributed by atoms with Gasteiger partial charge < -0.3 is 20.1 Å². The summed E-state index contributed by atoms with van der Waals surface area (Å²) in [5.41, 5.74) is 2.23. The van der Waals surface area contributed by atoms with Crippen LogP contribution in [0.1, 0.15) is 37.9 Å². The van der Waals surface area contributed by atoms with E-state index in [1.54, 1.807) is 30.3 Å². The van der Waals surface area contributed by atoms with Gasteiger partial charge in [-0.1, -0.05) is 56.1 Å². The van der Waals surface area contributed by atoms with Crippen molar-refractivity contribution in [1.29, 1.82) is 5.26 Å². The Balaban J connectivity index is 1.90. The molecule has 3 rings (SSSR count). The lowest BCUT2D eigenvalue weighted by atomic mass is 9.84. The number of rotatable bonds is 5. The first kappa shape index (κ1) is 22.8. The van der Waals surface area contributed by atoms with Gasteiger partial charge in [0.05, 0.1) is 34.8 Å². The van der Waals surface area contributed by atoms with Gasteiger partial charge in [-0.05, 0) is 35.4 Å². The van der Waals surface area contributed by atoms with Gasteiger partial charge in [-0.25, -0.2) is 4.79 Å². The number of benzene rings is 2. The van der Waals surface area contributed by atoms with Crippen LogP contribution in [0.15, 0.2) is 47.7 Å². The number of hydrogen-bond donors (Lipinski definition) is 2. The van der Waals surface area contributed by atoms with Crippen molar-refractivity contribution in [1.82, 2.24) is 10.6 Å². The number of hydrogen-bond acceptors (Lipinski definition) is 4. The zero-order valence-corrected chi connectivity index (χ0v) is 19.2. The monoisotopic (exact) mass is 459 g/mol. The third-order valence-electron chi connectivity index (χ3n) is 4.84. The average molecular weight is 460 g/mol. The highest BCUT2D eigenvalue weighted by molar-refractivity contribution is 6.42. The highest BCUT2D eigenvalue weighted by Crippen LogP contribution is 2.37. The van der Waals surface area contributed by atoms with Crippen molar-refractivity contribution in [3.63, 3.8) is 0 Å². The van der Waals surface area contributed by atoms with Crippen LogP contribution in [-0.2, 0) is 6.61 Å². The summed E-state index contributed by atoms with van der Waals surface area (Å²) in [4.78, 5) is 12.3. The molecule has 8 heteroatoms. The standard InChI is InChI=1S/C23H23Cl2N3O3/c1-23(2,3)21-15(11-26)20(27-22(29)28-21)14-6-8-18(19(10-14)30-4)31-12-13-5-7-16(24)17(25)9-13/h5-10,20H,12H2,1-4H3,(H2,27,28,29)/t20-/m1/s1. The Hall–Kier alpha value is -2.88. The minimum atomic E-state index is -0.592. The molecule has 0 saturated carbocycles. The van der Waals surface area contributed by atoms with Gasteiger partial charge in [0.15, 0.2) is 11.5 Å². The predicted octanol–water partition coefficient (Wildman–Crippen LogP) is 5.76. The highest BCUT2D eigenvalue weighted by atomic mass is 35.5. The molecule has 0 saturated heterocycles. The van der Waals surface area contributed by atoms with E-state index in [9.17, 15) is 10.1 Å². The third-order valence-corrected chi connectivity index (χ3v) is 5.58. The molecule has 0 aliphatic carbocycles. The maximum Gasteiger partial charge on any atom is 0.319 e. The van der Waals surface area contributed by atoms with Crippen LogP contribution in [0.5, 0.6) is 11.5 Å². The molecule has 2 N–H and O–H groups in total. The Labute approximate surface area is 191 Å². The van der Waals surface area contributed by atoms with Gasteiger partial charge >= 0.3 is 6.03 Å². The van der Waals surface area contributed by atoms with E-state index in [-0.39, 0.29) is 12.6 Å². The number of ether oxygens (including phenoxy) is 2. The van der Waals surface area contributed by atoms with Crippen molar-refractivity contribution in [2.24, 2.45) is 5.41 Å². The second-order valence-electron chi connectivity index (χ2n) is 8.13. The molecule has 0 aromatic heterocycles. The number of halogens is 2. The molecule has 31 heavy (non-hydrogen) atoms. The van der Waals surface area contributed by atoms with Gasteiger partial charge in [0.2, 0.25) is 0 Å². The lowest BCUT2D eigenvalue weighted by Gasteiger charge is -2.33. The lowest BCUT2D eigenvalue weighted by molar-refractivity contribution is 0.235. The summed E-state index contributed by atoms with van der Waals surface area (Å²) >= 11 is 12.0. The van der Waals surface area contributed by atoms with Gasteiger partial charge in [0.1, 0.15) is 6.61 Å². The van der Waals surface area contributed by atoms with Crippen LogP contribution < -0.4 is 20.1 Å². The molecule has 0 spiro atoms. The normalized spacial score (nSPS) is 16.3. The minimum absolute atomic E-state index is 0.272. The summed E-state index contributed by atoms with van der Waals surface area (Å²) in [6, 6.07) is 11.9. The SMILES string of the molecule is COc1cc([C@H]2NC(=O)NC(C(C)(C)C)=C2C#N)ccc1OCc1ccc(Cl)c(Cl)c1. The summed E-state index contributed by atoms with van der Waals surface area (Å²) in [5.74, 6) is 1.01. The molecule has 162 valence electrons. The first-order valence-corrected chi connectivity index (χ1v) is 10.4. The minimum Gasteiger partial charge on any atom is -0.493 e. The zero-order chi connectivity index (χ0) is 22.8. The first-order valence-electron chi connectivity index (χ1n) is 9.61. The van der Waals surface area contributed by atoms with Gasteiger partial charge in [0, 0.05) is 11.1 Å². The first-order chi connectivity index (χ1) is 14.6. The maximum absolute atomic E-state index is 12.3. The number of carbonyl (C=O) groups is 1. The maximum atomic E-state index is 12.3. The molecule has 0 unspecified atom stereocenters. The van der Waals surface area contributed by atoms with E-state index in [2.05, 4.69) is 16.7 Å². The number of urea groups is 1. The van der Waals surface area contributed by atoms with Crippen molar-refractivity contribution in [2.45, 2.75) is 33.4 Å². The quantitative estimate of drug-likeness (QED) is 0.595. The number of amides is 2. The fourth-order valence-corrected chi connectivity index (χ4v) is 3.62. The van der Waals surface area contributed by atoms with Crippen molar-refractivity contribution < 1.29 is 14.3 Å². The number of methoxy groups -OCH3 is 1. The fraction of sp³-hybridized carbons (Fsp3) is 0.304. The Bertz CT molecular complexity index is 1080. The van der Waals surface area contributed by atoms with E-state index in [0.717, 1.165) is 5.56 Å². The Morgan fingerprint density at radius 3 is 2.45 bits per heavy atom. The molecule has 0 radical (unpaired) electrons. The van der Waals surface area contributed by atoms with Crippen molar-refractivity contribution in [3.05, 3.63) is 68.8 Å². The highest BCUT2D eigenvalue weighted by Gasteiger charge is 2.34. The molecule has 1 atom stereocenters. The number of nitrogens with one attached hydrogen (secondary N) is 2. The summed E-state index contributed by atoms with van der Waals surface area (Å²) in [7, 11) is 1.54. The molecule has 2 aromatic rings. The molecular formula is C23H23Cl2N3O3. The lowest BCUT2D eigenvalue weighted by Crippen LogP contribution is -2.46. The third kappa shape index (κ3) is 5.07. The summed E-state index contributed by atoms with van der Waals surface area (Å²) in [6.45, 7) is 6.11. The summed E-state index contributed by atoms with van der Waals surface area (Å²) < 4.78 is 11.4. The van der Waals surface area contributed by atoms with E-state index in [1.165, 1.54) is 7.11 Å². The van der Waals surface area contributed by atoms with Crippen LogP contribution in [-0.4, -0.2) is 13.1 Å². The number of nitrogens with zero attached hydrogens (tertiary/aromatic N) is 1. The van der Waals surface area contributed by atoms with Crippen LogP contribution >= 0.6 is 23.2 Å². The van der Waals surface area contributed by atoms with Crippen molar-refractivity contribution in [3.8, 4) is 17.6 Å². The number of allylic oxidation sites excluding steroid dienone is 1. The Morgan fingerprint density at radius 2 is 1.84 bits per heavy atom. The van der Waals surface area contributed by atoms with Gasteiger partial charge in [-0.2, -0.15) is 5.26 Å². The molecule has 1 heterocycles. The average Bonchev–Trinajstić information content (AvgIpc) is 2.73. The van der Waals surface area contributed by atoms with Crippen LogP contribution in [0.25, 0.3) is 0 Å². The zero-order valence-electron chi connectivity index (χ0n) is 17.7. The van der Waals surface area contributed by atoms with E-state index in [0.29, 0.717) is 38.4 Å². The van der Waals surface area contributed by atoms with Crippen LogP contribution in [0.3, 0.4) is 0 Å². The topological polar surface area (TPSA) is 83.4 Å². The largest absolute Gasteiger partial charge is 0.493 e. The van der Waals surface area contributed by atoms with E-state index in [4.69, 9.17) is 32.7 Å². The van der Waals surface area contributed by atoms with E-state index < -0.39 is 11.5 Å². The van der Waals surface area contributed by atoms with Crippen LogP contribution in [0, 0.1) is 16.7 Å². The molecule has 0 fully saturated rings. The van der Waals surface area contributed by atoms with Gasteiger partial charge in [0.25, 0.3) is 0 Å². The molecular weight excluding hydrogens is 437 g/mol. The molecule has 1 aliphatic rings. The van der Waals surface area contributed by atoms with Gasteiger partial charge in [-0.3, -0.25) is 0 Å². The summed E-state index contributed by atoms with van der Waals surface area (Å²) in [5, 5.41) is 16.3. The molecule has 2 aromatic carbocycles. The second-order valence-corrected chi connectivity index (χ2v) is 8.94. The van der Waals surface area contributed by atoms with Crippen molar-refractivity contribution in [2.75, 3.05) is 7.11 Å². The molecule has 2 amide bonds. The molecule has 6 nitrogen and oxygen atoms in total. The Morgan fingerprint density at radius 1 is 1.10 bits per heavy atom. The molecule has 1 aliphatic heterocycles. The second kappa shape index (κ2) is 9.09. The van der Waals surface area contributed by atoms with Gasteiger partial charge in [-0.15, -0.1) is 0 Å². The fourth-order valence-electron chi connectivity index (χ4n) is 3.30. The van der Waals surface area contributed by atoms with Crippen LogP contribution in [0.2, 0.25) is 10.0 Å². The number of carbonyl (C=O) groups excluding carboxylic acids is 1. The van der Waals surface area contributed by atoms with Crippen LogP contribution in [0.4, 0.5) is 4.79 Å². The predicted molar refractivity (Wildman–Crippen MR) is 120 cm³/mol. The van der Waals surface area contributed by atoms with Crippen molar-refractivity contribution >= 4 is 29.2 Å². The number of nitriles is 1. The van der Waals surface area contributed by atoms with E-state index in [1.807, 2.05) is 26.8 Å². The smallest absolute Gasteiger partial charge is 0.319 e. The Kier molecular flexibility index (Phi) is 6.68.